The smallest absolute Gasteiger partial charge is 0.0791 e. The van der Waals surface area contributed by atoms with Crippen LogP contribution in [0.1, 0.15) is 41.5 Å². The van der Waals surface area contributed by atoms with Crippen molar-refractivity contribution in [2.24, 2.45) is 11.3 Å². The molecule has 3 heteroatoms. The summed E-state index contributed by atoms with van der Waals surface area (Å²) in [6.07, 6.45) is -0.288. The quantitative estimate of drug-likeness (QED) is 0.718. The van der Waals surface area contributed by atoms with Gasteiger partial charge in [0.05, 0.1) is 6.10 Å². The van der Waals surface area contributed by atoms with Gasteiger partial charge >= 0.3 is 0 Å². The maximum absolute atomic E-state index is 9.94. The second kappa shape index (κ2) is 7.34. The highest BCUT2D eigenvalue weighted by atomic mass is 16.3. The molecular formula is C14H32N2O. The fourth-order valence-electron chi connectivity index (χ4n) is 1.75. The molecule has 0 aliphatic rings. The van der Waals surface area contributed by atoms with Gasteiger partial charge in [0.2, 0.25) is 0 Å². The average Bonchev–Trinajstić information content (AvgIpc) is 2.14. The molecule has 17 heavy (non-hydrogen) atoms. The molecule has 0 saturated carbocycles. The summed E-state index contributed by atoms with van der Waals surface area (Å²) in [7, 11) is 2.08. The van der Waals surface area contributed by atoms with Gasteiger partial charge in [-0.1, -0.05) is 34.6 Å². The number of aliphatic hydroxyl groups is 1. The predicted molar refractivity (Wildman–Crippen MR) is 75.3 cm³/mol. The molecule has 2 atom stereocenters. The van der Waals surface area contributed by atoms with Crippen LogP contribution in [-0.2, 0) is 0 Å². The summed E-state index contributed by atoms with van der Waals surface area (Å²) < 4.78 is 0. The molecule has 0 saturated heterocycles. The Kier molecular flexibility index (Phi) is 7.29. The van der Waals surface area contributed by atoms with Crippen molar-refractivity contribution in [3.8, 4) is 0 Å². The van der Waals surface area contributed by atoms with Crippen molar-refractivity contribution in [1.29, 1.82) is 0 Å². The first-order chi connectivity index (χ1) is 7.64. The van der Waals surface area contributed by atoms with Gasteiger partial charge in [0.25, 0.3) is 0 Å². The zero-order valence-corrected chi connectivity index (χ0v) is 12.7. The number of rotatable bonds is 7. The summed E-state index contributed by atoms with van der Waals surface area (Å²) in [5, 5.41) is 13.2. The molecule has 0 amide bonds. The molecule has 3 nitrogen and oxygen atoms in total. The topological polar surface area (TPSA) is 35.5 Å². The second-order valence-corrected chi connectivity index (χ2v) is 6.69. The van der Waals surface area contributed by atoms with Crippen LogP contribution < -0.4 is 5.32 Å². The van der Waals surface area contributed by atoms with Crippen LogP contribution in [0, 0.1) is 11.3 Å². The Hall–Kier alpha value is -0.120. The average molecular weight is 244 g/mol. The summed E-state index contributed by atoms with van der Waals surface area (Å²) in [5.41, 5.74) is 0.250. The molecule has 0 heterocycles. The van der Waals surface area contributed by atoms with Gasteiger partial charge in [-0.05, 0) is 31.8 Å². The molecule has 0 aliphatic carbocycles. The van der Waals surface area contributed by atoms with E-state index in [1.54, 1.807) is 0 Å². The van der Waals surface area contributed by atoms with Crippen LogP contribution in [0.5, 0.6) is 0 Å². The van der Waals surface area contributed by atoms with Crippen molar-refractivity contribution in [3.63, 3.8) is 0 Å². The molecule has 0 aliphatic heterocycles. The molecular weight excluding hydrogens is 212 g/mol. The van der Waals surface area contributed by atoms with E-state index in [0.29, 0.717) is 18.5 Å². The van der Waals surface area contributed by atoms with E-state index in [9.17, 15) is 5.11 Å². The highest BCUT2D eigenvalue weighted by Crippen LogP contribution is 2.22. The fourth-order valence-corrected chi connectivity index (χ4v) is 1.75. The lowest BCUT2D eigenvalue weighted by atomic mass is 9.87. The third-order valence-electron chi connectivity index (χ3n) is 3.35. The SMILES string of the molecule is CC(C)CNCC(O)CN(C)C(C)C(C)(C)C. The molecule has 0 bridgehead atoms. The molecule has 0 aromatic carbocycles. The van der Waals surface area contributed by atoms with Crippen molar-refractivity contribution < 1.29 is 5.11 Å². The summed E-state index contributed by atoms with van der Waals surface area (Å²) in [5.74, 6) is 0.633. The molecule has 0 rings (SSSR count). The lowest BCUT2D eigenvalue weighted by Crippen LogP contribution is -2.45. The number of likely N-dealkylation sites (N-methyl/N-ethyl adjacent to an activating group) is 1. The van der Waals surface area contributed by atoms with E-state index < -0.39 is 0 Å². The third kappa shape index (κ3) is 7.74. The van der Waals surface area contributed by atoms with E-state index in [0.717, 1.165) is 13.1 Å². The standard InChI is InChI=1S/C14H32N2O/c1-11(2)8-15-9-13(17)10-16(7)12(3)14(4,5)6/h11-13,15,17H,8-10H2,1-7H3. The lowest BCUT2D eigenvalue weighted by molar-refractivity contribution is 0.0712. The van der Waals surface area contributed by atoms with E-state index >= 15 is 0 Å². The van der Waals surface area contributed by atoms with Gasteiger partial charge in [-0.15, -0.1) is 0 Å². The first-order valence-corrected chi connectivity index (χ1v) is 6.73. The van der Waals surface area contributed by atoms with Gasteiger partial charge in [-0.3, -0.25) is 0 Å². The minimum absolute atomic E-state index is 0.250. The van der Waals surface area contributed by atoms with Gasteiger partial charge in [0.15, 0.2) is 0 Å². The van der Waals surface area contributed by atoms with Crippen molar-refractivity contribution in [2.75, 3.05) is 26.7 Å². The van der Waals surface area contributed by atoms with E-state index in [1.807, 2.05) is 0 Å². The summed E-state index contributed by atoms with van der Waals surface area (Å²) in [4.78, 5) is 2.24. The Morgan fingerprint density at radius 3 is 2.06 bits per heavy atom. The Labute approximate surface area is 108 Å². The predicted octanol–water partition coefficient (Wildman–Crippen LogP) is 1.96. The highest BCUT2D eigenvalue weighted by molar-refractivity contribution is 4.79. The molecule has 2 unspecified atom stereocenters. The second-order valence-electron chi connectivity index (χ2n) is 6.69. The van der Waals surface area contributed by atoms with E-state index in [2.05, 4.69) is 58.8 Å². The van der Waals surface area contributed by atoms with Crippen LogP contribution in [0.3, 0.4) is 0 Å². The molecule has 0 fully saturated rings. The molecule has 0 aromatic rings. The minimum Gasteiger partial charge on any atom is -0.390 e. The number of aliphatic hydroxyl groups excluding tert-OH is 1. The highest BCUT2D eigenvalue weighted by Gasteiger charge is 2.24. The summed E-state index contributed by atoms with van der Waals surface area (Å²) >= 11 is 0. The van der Waals surface area contributed by atoms with Crippen molar-refractivity contribution in [3.05, 3.63) is 0 Å². The normalized spacial score (nSPS) is 16.6. The Morgan fingerprint density at radius 2 is 1.65 bits per heavy atom. The lowest BCUT2D eigenvalue weighted by Gasteiger charge is -2.36. The van der Waals surface area contributed by atoms with Gasteiger partial charge in [0, 0.05) is 19.1 Å². The van der Waals surface area contributed by atoms with Gasteiger partial charge in [-0.25, -0.2) is 0 Å². The molecule has 2 N–H and O–H groups in total. The largest absolute Gasteiger partial charge is 0.390 e. The Bertz CT molecular complexity index is 199. The van der Waals surface area contributed by atoms with Crippen molar-refractivity contribution in [2.45, 2.75) is 53.7 Å². The third-order valence-corrected chi connectivity index (χ3v) is 3.35. The summed E-state index contributed by atoms with van der Waals surface area (Å²) in [6, 6.07) is 0.460. The van der Waals surface area contributed by atoms with Crippen LogP contribution in [0.25, 0.3) is 0 Å². The number of hydrogen-bond donors (Lipinski definition) is 2. The van der Waals surface area contributed by atoms with Gasteiger partial charge in [-0.2, -0.15) is 0 Å². The molecule has 0 spiro atoms. The zero-order valence-electron chi connectivity index (χ0n) is 12.7. The summed E-state index contributed by atoms with van der Waals surface area (Å²) in [6.45, 7) is 15.6. The minimum atomic E-state index is -0.288. The van der Waals surface area contributed by atoms with E-state index in [-0.39, 0.29) is 11.5 Å². The maximum Gasteiger partial charge on any atom is 0.0791 e. The molecule has 0 aromatic heterocycles. The number of nitrogens with one attached hydrogen (secondary N) is 1. The first-order valence-electron chi connectivity index (χ1n) is 6.73. The van der Waals surface area contributed by atoms with Gasteiger partial charge < -0.3 is 15.3 Å². The monoisotopic (exact) mass is 244 g/mol. The van der Waals surface area contributed by atoms with Crippen molar-refractivity contribution >= 4 is 0 Å². The molecule has 104 valence electrons. The Balaban J connectivity index is 3.91. The Morgan fingerprint density at radius 1 is 1.12 bits per heavy atom. The first kappa shape index (κ1) is 16.9. The molecule has 0 radical (unpaired) electrons. The number of nitrogens with zero attached hydrogens (tertiary/aromatic N) is 1. The van der Waals surface area contributed by atoms with Crippen LogP contribution in [-0.4, -0.2) is 48.8 Å². The van der Waals surface area contributed by atoms with Crippen LogP contribution >= 0.6 is 0 Å². The van der Waals surface area contributed by atoms with Crippen LogP contribution in [0.4, 0.5) is 0 Å². The van der Waals surface area contributed by atoms with E-state index in [4.69, 9.17) is 0 Å². The number of hydrogen-bond acceptors (Lipinski definition) is 3. The fraction of sp³-hybridized carbons (Fsp3) is 1.00. The van der Waals surface area contributed by atoms with Crippen LogP contribution in [0.2, 0.25) is 0 Å². The van der Waals surface area contributed by atoms with E-state index in [1.165, 1.54) is 0 Å². The van der Waals surface area contributed by atoms with Gasteiger partial charge in [0.1, 0.15) is 0 Å². The maximum atomic E-state index is 9.94. The van der Waals surface area contributed by atoms with Crippen LogP contribution in [0.15, 0.2) is 0 Å². The zero-order chi connectivity index (χ0) is 13.6. The van der Waals surface area contributed by atoms with Crippen molar-refractivity contribution in [1.82, 2.24) is 10.2 Å².